The molecule has 4 nitrogen and oxygen atoms in total. The maximum atomic E-state index is 14.5. The monoisotopic (exact) mass is 406 g/mol. The number of aryl methyl sites for hydroxylation is 3. The average molecular weight is 406 g/mol. The summed E-state index contributed by atoms with van der Waals surface area (Å²) in [6.07, 6.45) is 1.60. The zero-order chi connectivity index (χ0) is 21.8. The van der Waals surface area contributed by atoms with Crippen molar-refractivity contribution in [3.8, 4) is 0 Å². The molecule has 0 amide bonds. The molecule has 7 heteroatoms. The third-order valence-corrected chi connectivity index (χ3v) is 4.81. The summed E-state index contributed by atoms with van der Waals surface area (Å²) in [5.41, 5.74) is 4.59. The van der Waals surface area contributed by atoms with Crippen LogP contribution in [-0.4, -0.2) is 32.3 Å². The van der Waals surface area contributed by atoms with Gasteiger partial charge in [0.05, 0.1) is 0 Å². The predicted molar refractivity (Wildman–Crippen MR) is 122 cm³/mol. The van der Waals surface area contributed by atoms with E-state index in [9.17, 15) is 8.63 Å². The molecule has 3 aromatic rings. The molecule has 1 heterocycles. The van der Waals surface area contributed by atoms with Crippen molar-refractivity contribution in [1.82, 2.24) is 4.98 Å². The molecule has 0 saturated heterocycles. The van der Waals surface area contributed by atoms with Crippen LogP contribution in [0.3, 0.4) is 0 Å². The maximum Gasteiger partial charge on any atom is 0.679 e. The molecule has 0 saturated carbocycles. The first-order chi connectivity index (χ1) is 14.3. The SMILES string of the molecule is Cc1cc(C)c(N(B(F)F)/C(=N/c2ccccn2)c2ccc(N(C)C)cc2)c(C)c1. The minimum atomic E-state index is -2.78. The molecular formula is C23H25BF2N4. The lowest BCUT2D eigenvalue weighted by atomic mass is 9.97. The topological polar surface area (TPSA) is 31.7 Å². The van der Waals surface area contributed by atoms with E-state index in [0.717, 1.165) is 27.2 Å². The molecular weight excluding hydrogens is 381 g/mol. The van der Waals surface area contributed by atoms with Gasteiger partial charge in [0.2, 0.25) is 0 Å². The summed E-state index contributed by atoms with van der Waals surface area (Å²) < 4.78 is 29.0. The van der Waals surface area contributed by atoms with E-state index in [4.69, 9.17) is 0 Å². The van der Waals surface area contributed by atoms with Crippen LogP contribution in [0.5, 0.6) is 0 Å². The lowest BCUT2D eigenvalue weighted by Gasteiger charge is -2.28. The molecule has 0 bridgehead atoms. The van der Waals surface area contributed by atoms with Crippen LogP contribution in [0.4, 0.5) is 25.8 Å². The van der Waals surface area contributed by atoms with E-state index in [1.54, 1.807) is 24.4 Å². The fourth-order valence-electron chi connectivity index (χ4n) is 3.54. The molecule has 1 aromatic heterocycles. The Labute approximate surface area is 177 Å². The summed E-state index contributed by atoms with van der Waals surface area (Å²) in [5, 5.41) is 0. The van der Waals surface area contributed by atoms with Crippen LogP contribution < -0.4 is 9.71 Å². The van der Waals surface area contributed by atoms with Crippen LogP contribution in [0.15, 0.2) is 65.8 Å². The smallest absolute Gasteiger partial charge is 0.378 e. The highest BCUT2D eigenvalue weighted by molar-refractivity contribution is 6.57. The van der Waals surface area contributed by atoms with Gasteiger partial charge in [0, 0.05) is 37.2 Å². The molecule has 0 aliphatic heterocycles. The second-order valence-electron chi connectivity index (χ2n) is 7.46. The van der Waals surface area contributed by atoms with Gasteiger partial charge in [-0.3, -0.25) is 8.63 Å². The molecule has 154 valence electrons. The standard InChI is InChI=1S/C23H25BF2N4/c1-16-14-17(2)22(18(3)15-16)30(24(25)26)23(28-21-8-6-7-13-27-21)19-9-11-20(12-10-19)29(4)5/h6-15H,1-5H3/b28-23+. The van der Waals surface area contributed by atoms with E-state index in [1.807, 2.05) is 76.2 Å². The quantitative estimate of drug-likeness (QED) is 0.315. The number of aromatic nitrogens is 1. The highest BCUT2D eigenvalue weighted by atomic mass is 19.2. The van der Waals surface area contributed by atoms with Gasteiger partial charge in [0.1, 0.15) is 5.84 Å². The van der Waals surface area contributed by atoms with Crippen LogP contribution in [0.1, 0.15) is 22.3 Å². The fraction of sp³-hybridized carbons (Fsp3) is 0.217. The predicted octanol–water partition coefficient (Wildman–Crippen LogP) is 5.58. The number of benzene rings is 2. The number of aliphatic imine (C=N–C) groups is 1. The van der Waals surface area contributed by atoms with Gasteiger partial charge in [-0.15, -0.1) is 0 Å². The summed E-state index contributed by atoms with van der Waals surface area (Å²) in [4.78, 5) is 11.7. The van der Waals surface area contributed by atoms with Gasteiger partial charge in [-0.05, 0) is 68.3 Å². The number of hydrogen-bond acceptors (Lipinski definition) is 3. The number of rotatable bonds is 5. The van der Waals surface area contributed by atoms with E-state index in [2.05, 4.69) is 9.98 Å². The Morgan fingerprint density at radius 2 is 1.57 bits per heavy atom. The second-order valence-corrected chi connectivity index (χ2v) is 7.46. The van der Waals surface area contributed by atoms with Crippen LogP contribution in [0.2, 0.25) is 0 Å². The summed E-state index contributed by atoms with van der Waals surface area (Å²) in [7, 11) is 1.09. The Balaban J connectivity index is 2.23. The lowest BCUT2D eigenvalue weighted by Crippen LogP contribution is -2.40. The zero-order valence-corrected chi connectivity index (χ0v) is 17.9. The maximum absolute atomic E-state index is 14.5. The number of hydrogen-bond donors (Lipinski definition) is 0. The van der Waals surface area contributed by atoms with Crippen LogP contribution >= 0.6 is 0 Å². The number of amidine groups is 1. The summed E-state index contributed by atoms with van der Waals surface area (Å²) in [5.74, 6) is 0.529. The molecule has 0 N–H and O–H groups in total. The average Bonchev–Trinajstić information content (AvgIpc) is 2.70. The van der Waals surface area contributed by atoms with E-state index in [1.165, 1.54) is 0 Å². The van der Waals surface area contributed by atoms with Gasteiger partial charge in [0.25, 0.3) is 0 Å². The third-order valence-electron chi connectivity index (χ3n) is 4.81. The highest BCUT2D eigenvalue weighted by Crippen LogP contribution is 2.31. The highest BCUT2D eigenvalue weighted by Gasteiger charge is 2.33. The van der Waals surface area contributed by atoms with Crippen molar-refractivity contribution in [3.05, 3.63) is 83.0 Å². The van der Waals surface area contributed by atoms with Gasteiger partial charge in [-0.25, -0.2) is 9.98 Å². The Morgan fingerprint density at radius 3 is 2.07 bits per heavy atom. The molecule has 2 aromatic carbocycles. The van der Waals surface area contributed by atoms with Gasteiger partial charge in [0.15, 0.2) is 5.82 Å². The Hall–Kier alpha value is -3.22. The van der Waals surface area contributed by atoms with Crippen molar-refractivity contribution in [2.75, 3.05) is 23.8 Å². The summed E-state index contributed by atoms with van der Waals surface area (Å²) in [6, 6.07) is 16.5. The molecule has 3 rings (SSSR count). The van der Waals surface area contributed by atoms with Crippen LogP contribution in [0, 0.1) is 20.8 Å². The summed E-state index contributed by atoms with van der Waals surface area (Å²) in [6.45, 7) is 5.65. The Bertz CT molecular complexity index is 1010. The third kappa shape index (κ3) is 4.67. The molecule has 0 fully saturated rings. The van der Waals surface area contributed by atoms with Crippen molar-refractivity contribution in [2.45, 2.75) is 20.8 Å². The van der Waals surface area contributed by atoms with E-state index in [0.29, 0.717) is 17.1 Å². The molecule has 0 atom stereocenters. The molecule has 0 aliphatic carbocycles. The minimum Gasteiger partial charge on any atom is -0.378 e. The van der Waals surface area contributed by atoms with Gasteiger partial charge in [-0.1, -0.05) is 23.8 Å². The van der Waals surface area contributed by atoms with Gasteiger partial charge >= 0.3 is 7.40 Å². The molecule has 30 heavy (non-hydrogen) atoms. The van der Waals surface area contributed by atoms with E-state index >= 15 is 0 Å². The first kappa shape index (κ1) is 21.5. The number of pyridine rings is 1. The van der Waals surface area contributed by atoms with Gasteiger partial charge < -0.3 is 9.71 Å². The largest absolute Gasteiger partial charge is 0.679 e. The molecule has 0 unspecified atom stereocenters. The lowest BCUT2D eigenvalue weighted by molar-refractivity contribution is 0.658. The Kier molecular flexibility index (Phi) is 6.50. The van der Waals surface area contributed by atoms with Crippen molar-refractivity contribution in [2.24, 2.45) is 4.99 Å². The first-order valence-electron chi connectivity index (χ1n) is 9.70. The van der Waals surface area contributed by atoms with Crippen molar-refractivity contribution in [1.29, 1.82) is 0 Å². The van der Waals surface area contributed by atoms with Crippen LogP contribution in [-0.2, 0) is 0 Å². The van der Waals surface area contributed by atoms with Crippen molar-refractivity contribution >= 4 is 30.4 Å². The zero-order valence-electron chi connectivity index (χ0n) is 17.9. The molecule has 0 spiro atoms. The fourth-order valence-corrected chi connectivity index (χ4v) is 3.54. The Morgan fingerprint density at radius 1 is 0.933 bits per heavy atom. The van der Waals surface area contributed by atoms with E-state index in [-0.39, 0.29) is 5.84 Å². The second kappa shape index (κ2) is 9.07. The number of halogens is 2. The van der Waals surface area contributed by atoms with Crippen molar-refractivity contribution < 1.29 is 8.63 Å². The molecule has 0 aliphatic rings. The van der Waals surface area contributed by atoms with Gasteiger partial charge in [-0.2, -0.15) is 0 Å². The van der Waals surface area contributed by atoms with Crippen LogP contribution in [0.25, 0.3) is 0 Å². The minimum absolute atomic E-state index is 0.157. The van der Waals surface area contributed by atoms with E-state index < -0.39 is 7.40 Å². The number of nitrogens with zero attached hydrogens (tertiary/aromatic N) is 4. The normalized spacial score (nSPS) is 11.4. The summed E-state index contributed by atoms with van der Waals surface area (Å²) >= 11 is 0. The van der Waals surface area contributed by atoms with Crippen molar-refractivity contribution in [3.63, 3.8) is 0 Å². The first-order valence-corrected chi connectivity index (χ1v) is 9.70. The molecule has 0 radical (unpaired) electrons. The number of anilines is 2.